The number of aryl methyl sites for hydroxylation is 3. The Hall–Kier alpha value is -2.48. The molecule has 1 aromatic heterocycles. The fourth-order valence-electron chi connectivity index (χ4n) is 3.78. The van der Waals surface area contributed by atoms with E-state index in [4.69, 9.17) is 0 Å². The highest BCUT2D eigenvalue weighted by molar-refractivity contribution is 5.90. The third-order valence-electron chi connectivity index (χ3n) is 5.26. The average Bonchev–Trinajstić information content (AvgIpc) is 3.05. The number of benzene rings is 2. The topological polar surface area (TPSA) is 8.17 Å². The second-order valence-corrected chi connectivity index (χ2v) is 6.86. The molecule has 1 aliphatic rings. The van der Waals surface area contributed by atoms with Gasteiger partial charge in [-0.3, -0.25) is 0 Å². The summed E-state index contributed by atoms with van der Waals surface area (Å²) in [4.78, 5) is 2.34. The third kappa shape index (κ3) is 2.25. The van der Waals surface area contributed by atoms with Crippen LogP contribution in [-0.4, -0.2) is 4.57 Å². The molecule has 0 radical (unpaired) electrons. The van der Waals surface area contributed by atoms with Crippen molar-refractivity contribution in [3.63, 3.8) is 0 Å². The number of hydrogen-bond donors (Lipinski definition) is 0. The van der Waals surface area contributed by atoms with Crippen LogP contribution in [0.2, 0.25) is 0 Å². The number of hydrogen-bond acceptors (Lipinski definition) is 1. The highest BCUT2D eigenvalue weighted by Crippen LogP contribution is 2.37. The quantitative estimate of drug-likeness (QED) is 0.625. The maximum absolute atomic E-state index is 4.38. The fraction of sp³-hybridized carbons (Fsp3) is 0.273. The molecule has 3 aromatic rings. The number of anilines is 1. The van der Waals surface area contributed by atoms with Gasteiger partial charge in [-0.15, -0.1) is 0 Å². The van der Waals surface area contributed by atoms with E-state index >= 15 is 0 Å². The summed E-state index contributed by atoms with van der Waals surface area (Å²) < 4.78 is 2.24. The van der Waals surface area contributed by atoms with Gasteiger partial charge >= 0.3 is 0 Å². The van der Waals surface area contributed by atoms with Gasteiger partial charge in [-0.2, -0.15) is 0 Å². The van der Waals surface area contributed by atoms with Crippen molar-refractivity contribution >= 4 is 22.3 Å². The predicted octanol–water partition coefficient (Wildman–Crippen LogP) is 5.43. The number of nitrogens with zero attached hydrogens (tertiary/aromatic N) is 2. The van der Waals surface area contributed by atoms with Crippen LogP contribution in [0.4, 0.5) is 5.69 Å². The van der Waals surface area contributed by atoms with E-state index in [9.17, 15) is 0 Å². The lowest BCUT2D eigenvalue weighted by Gasteiger charge is -2.19. The zero-order valence-corrected chi connectivity index (χ0v) is 14.8. The van der Waals surface area contributed by atoms with Crippen LogP contribution < -0.4 is 4.90 Å². The monoisotopic (exact) mass is 316 g/mol. The van der Waals surface area contributed by atoms with Crippen LogP contribution in [0.15, 0.2) is 49.0 Å². The standard InChI is InChI=1S/C22H24N2/c1-5-6-17-7-8-18-14-24(16(3)21(18)12-17)20-9-10-22-19(13-20)11-15(2)23(22)4/h7-13H,3,5-6,14H2,1-2,4H3. The fourth-order valence-corrected chi connectivity index (χ4v) is 3.78. The molecule has 2 heteroatoms. The van der Waals surface area contributed by atoms with Crippen LogP contribution in [0.1, 0.15) is 35.7 Å². The molecule has 0 saturated heterocycles. The summed E-state index contributed by atoms with van der Waals surface area (Å²) in [5.41, 5.74) is 9.02. The largest absolute Gasteiger partial charge is 0.348 e. The van der Waals surface area contributed by atoms with Crippen LogP contribution in [-0.2, 0) is 20.0 Å². The van der Waals surface area contributed by atoms with E-state index in [1.54, 1.807) is 0 Å². The molecular weight excluding hydrogens is 292 g/mol. The van der Waals surface area contributed by atoms with Gasteiger partial charge in [0.05, 0.1) is 0 Å². The highest BCUT2D eigenvalue weighted by Gasteiger charge is 2.24. The van der Waals surface area contributed by atoms with Crippen molar-refractivity contribution in [2.75, 3.05) is 4.90 Å². The molecule has 1 aliphatic heterocycles. The van der Waals surface area contributed by atoms with Crippen molar-refractivity contribution < 1.29 is 0 Å². The first-order valence-corrected chi connectivity index (χ1v) is 8.73. The molecule has 0 N–H and O–H groups in total. The lowest BCUT2D eigenvalue weighted by molar-refractivity contribution is 0.918. The molecule has 0 saturated carbocycles. The van der Waals surface area contributed by atoms with Gasteiger partial charge in [0.15, 0.2) is 0 Å². The molecule has 0 aliphatic carbocycles. The zero-order chi connectivity index (χ0) is 16.8. The van der Waals surface area contributed by atoms with Gasteiger partial charge in [-0.05, 0) is 54.8 Å². The Bertz CT molecular complexity index is 946. The van der Waals surface area contributed by atoms with E-state index in [2.05, 4.69) is 79.4 Å². The Kier molecular flexibility index (Phi) is 3.49. The first-order chi connectivity index (χ1) is 11.6. The summed E-state index contributed by atoms with van der Waals surface area (Å²) in [7, 11) is 2.12. The first kappa shape index (κ1) is 15.1. The summed E-state index contributed by atoms with van der Waals surface area (Å²) in [6.07, 6.45) is 2.31. The van der Waals surface area contributed by atoms with Crippen LogP contribution in [0, 0.1) is 6.92 Å². The van der Waals surface area contributed by atoms with Crippen molar-refractivity contribution in [3.05, 3.63) is 71.4 Å². The molecule has 2 aromatic carbocycles. The summed E-state index contributed by atoms with van der Waals surface area (Å²) in [6.45, 7) is 9.67. The highest BCUT2D eigenvalue weighted by atomic mass is 15.2. The van der Waals surface area contributed by atoms with Gasteiger partial charge in [0.25, 0.3) is 0 Å². The Morgan fingerprint density at radius 2 is 1.92 bits per heavy atom. The normalized spacial score (nSPS) is 13.8. The lowest BCUT2D eigenvalue weighted by Crippen LogP contribution is -2.12. The lowest BCUT2D eigenvalue weighted by atomic mass is 10.0. The maximum atomic E-state index is 4.38. The molecule has 2 heterocycles. The predicted molar refractivity (Wildman–Crippen MR) is 103 cm³/mol. The Morgan fingerprint density at radius 1 is 1.08 bits per heavy atom. The number of aromatic nitrogens is 1. The van der Waals surface area contributed by atoms with Crippen molar-refractivity contribution in [2.45, 2.75) is 33.2 Å². The summed E-state index contributed by atoms with van der Waals surface area (Å²) >= 11 is 0. The smallest absolute Gasteiger partial charge is 0.0488 e. The van der Waals surface area contributed by atoms with E-state index in [1.165, 1.54) is 45.4 Å². The summed E-state index contributed by atoms with van der Waals surface area (Å²) in [6, 6.07) is 15.8. The Labute approximate surface area is 144 Å². The van der Waals surface area contributed by atoms with Gasteiger partial charge in [0.2, 0.25) is 0 Å². The van der Waals surface area contributed by atoms with Crippen LogP contribution in [0.5, 0.6) is 0 Å². The van der Waals surface area contributed by atoms with Crippen LogP contribution >= 0.6 is 0 Å². The minimum Gasteiger partial charge on any atom is -0.348 e. The first-order valence-electron chi connectivity index (χ1n) is 8.73. The average molecular weight is 316 g/mol. The molecule has 4 rings (SSSR count). The minimum absolute atomic E-state index is 0.915. The molecular formula is C22H24N2. The van der Waals surface area contributed by atoms with Gasteiger partial charge in [-0.1, -0.05) is 32.1 Å². The van der Waals surface area contributed by atoms with Crippen LogP contribution in [0.3, 0.4) is 0 Å². The van der Waals surface area contributed by atoms with Gasteiger partial charge in [-0.25, -0.2) is 0 Å². The Balaban J connectivity index is 1.72. The van der Waals surface area contributed by atoms with E-state index in [0.29, 0.717) is 0 Å². The van der Waals surface area contributed by atoms with Gasteiger partial charge in [0.1, 0.15) is 0 Å². The van der Waals surface area contributed by atoms with Gasteiger partial charge in [0, 0.05) is 47.1 Å². The molecule has 0 spiro atoms. The number of rotatable bonds is 3. The van der Waals surface area contributed by atoms with Crippen molar-refractivity contribution in [2.24, 2.45) is 7.05 Å². The second-order valence-electron chi connectivity index (χ2n) is 6.86. The number of fused-ring (bicyclic) bond motifs is 2. The van der Waals surface area contributed by atoms with E-state index in [0.717, 1.165) is 18.7 Å². The Morgan fingerprint density at radius 3 is 2.71 bits per heavy atom. The SMILES string of the molecule is C=C1c2cc(CCC)ccc2CN1c1ccc2c(c1)cc(C)n2C. The molecule has 0 fully saturated rings. The molecule has 122 valence electrons. The molecule has 0 bridgehead atoms. The second kappa shape index (κ2) is 5.55. The van der Waals surface area contributed by atoms with E-state index in [-0.39, 0.29) is 0 Å². The van der Waals surface area contributed by atoms with Crippen molar-refractivity contribution in [3.8, 4) is 0 Å². The molecule has 24 heavy (non-hydrogen) atoms. The maximum Gasteiger partial charge on any atom is 0.0488 e. The van der Waals surface area contributed by atoms with Crippen molar-refractivity contribution in [1.29, 1.82) is 0 Å². The third-order valence-corrected chi connectivity index (χ3v) is 5.26. The van der Waals surface area contributed by atoms with E-state index in [1.807, 2.05) is 0 Å². The minimum atomic E-state index is 0.915. The van der Waals surface area contributed by atoms with Crippen molar-refractivity contribution in [1.82, 2.24) is 4.57 Å². The molecule has 2 nitrogen and oxygen atoms in total. The molecule has 0 unspecified atom stereocenters. The molecule has 0 atom stereocenters. The summed E-state index contributed by atoms with van der Waals surface area (Å²) in [5.74, 6) is 0. The van der Waals surface area contributed by atoms with Crippen LogP contribution in [0.25, 0.3) is 16.6 Å². The van der Waals surface area contributed by atoms with Gasteiger partial charge < -0.3 is 9.47 Å². The zero-order valence-electron chi connectivity index (χ0n) is 14.8. The van der Waals surface area contributed by atoms with E-state index < -0.39 is 0 Å². The molecule has 0 amide bonds. The summed E-state index contributed by atoms with van der Waals surface area (Å²) in [5, 5.41) is 1.29.